The molecule has 9 heavy (non-hydrogen) atoms. The van der Waals surface area contributed by atoms with Gasteiger partial charge in [0.05, 0.1) is 0 Å². The highest BCUT2D eigenvalue weighted by Gasteiger charge is 2.04. The Bertz CT molecular complexity index is 287. The van der Waals surface area contributed by atoms with Gasteiger partial charge in [0.25, 0.3) is 6.39 Å². The maximum absolute atomic E-state index is 4.83. The van der Waals surface area contributed by atoms with Crippen molar-refractivity contribution in [3.63, 3.8) is 0 Å². The Labute approximate surface area is 49.8 Å². The SMILES string of the molecule is c1nnc2oc[nH+]c2n1. The molecule has 2 aromatic rings. The Hall–Kier alpha value is -1.52. The van der Waals surface area contributed by atoms with E-state index in [4.69, 9.17) is 4.42 Å². The first-order chi connectivity index (χ1) is 4.47. The van der Waals surface area contributed by atoms with E-state index < -0.39 is 0 Å². The van der Waals surface area contributed by atoms with Crippen molar-refractivity contribution in [1.82, 2.24) is 15.2 Å². The van der Waals surface area contributed by atoms with Crippen LogP contribution in [0.15, 0.2) is 17.1 Å². The first kappa shape index (κ1) is 4.37. The number of fused-ring (bicyclic) bond motifs is 1. The molecule has 0 spiro atoms. The largest absolute Gasteiger partial charge is 0.401 e. The van der Waals surface area contributed by atoms with E-state index in [1.807, 2.05) is 0 Å². The molecule has 0 saturated heterocycles. The molecule has 5 nitrogen and oxygen atoms in total. The summed E-state index contributed by atoms with van der Waals surface area (Å²) in [5, 5.41) is 7.14. The van der Waals surface area contributed by atoms with Crippen LogP contribution in [0.5, 0.6) is 0 Å². The Morgan fingerprint density at radius 2 is 2.56 bits per heavy atom. The second-order valence-electron chi connectivity index (χ2n) is 1.49. The summed E-state index contributed by atoms with van der Waals surface area (Å²) in [6.45, 7) is 0. The molecule has 0 aliphatic heterocycles. The van der Waals surface area contributed by atoms with Gasteiger partial charge < -0.3 is 4.42 Å². The van der Waals surface area contributed by atoms with Crippen molar-refractivity contribution in [1.29, 1.82) is 0 Å². The second-order valence-corrected chi connectivity index (χ2v) is 1.49. The van der Waals surface area contributed by atoms with Crippen molar-refractivity contribution < 1.29 is 9.40 Å². The van der Waals surface area contributed by atoms with Gasteiger partial charge in [-0.05, 0) is 4.98 Å². The van der Waals surface area contributed by atoms with Crippen molar-refractivity contribution in [2.24, 2.45) is 0 Å². The number of H-pyrrole nitrogens is 1. The summed E-state index contributed by atoms with van der Waals surface area (Å²) in [5.74, 6) is 0. The number of hydrogen-bond acceptors (Lipinski definition) is 4. The summed E-state index contributed by atoms with van der Waals surface area (Å²) in [7, 11) is 0. The van der Waals surface area contributed by atoms with E-state index in [1.165, 1.54) is 12.7 Å². The lowest BCUT2D eigenvalue weighted by Gasteiger charge is -1.69. The van der Waals surface area contributed by atoms with Gasteiger partial charge in [-0.3, -0.25) is 0 Å². The van der Waals surface area contributed by atoms with Gasteiger partial charge in [0.2, 0.25) is 6.33 Å². The van der Waals surface area contributed by atoms with Crippen LogP contribution in [0.1, 0.15) is 0 Å². The number of aromatic amines is 1. The van der Waals surface area contributed by atoms with Crippen LogP contribution in [0.4, 0.5) is 0 Å². The zero-order valence-electron chi connectivity index (χ0n) is 4.40. The van der Waals surface area contributed by atoms with Crippen LogP contribution in [0, 0.1) is 0 Å². The van der Waals surface area contributed by atoms with Crippen LogP contribution in [-0.4, -0.2) is 15.2 Å². The summed E-state index contributed by atoms with van der Waals surface area (Å²) >= 11 is 0. The van der Waals surface area contributed by atoms with E-state index in [2.05, 4.69) is 20.2 Å². The molecule has 0 bridgehead atoms. The minimum absolute atomic E-state index is 0.428. The predicted octanol–water partition coefficient (Wildman–Crippen LogP) is -0.568. The number of nitrogens with one attached hydrogen (secondary N) is 1. The number of rotatable bonds is 0. The molecule has 0 aliphatic rings. The van der Waals surface area contributed by atoms with E-state index >= 15 is 0 Å². The monoisotopic (exact) mass is 123 g/mol. The van der Waals surface area contributed by atoms with E-state index in [-0.39, 0.29) is 0 Å². The van der Waals surface area contributed by atoms with Crippen molar-refractivity contribution in [3.8, 4) is 0 Å². The van der Waals surface area contributed by atoms with Crippen LogP contribution in [0.2, 0.25) is 0 Å². The number of oxazole rings is 1. The third kappa shape index (κ3) is 0.543. The van der Waals surface area contributed by atoms with Crippen LogP contribution in [0.25, 0.3) is 11.4 Å². The van der Waals surface area contributed by atoms with Gasteiger partial charge in [-0.1, -0.05) is 5.10 Å². The van der Waals surface area contributed by atoms with Crippen molar-refractivity contribution >= 4 is 11.4 Å². The molecule has 0 fully saturated rings. The summed E-state index contributed by atoms with van der Waals surface area (Å²) in [6, 6.07) is 0. The molecule has 2 rings (SSSR count). The van der Waals surface area contributed by atoms with Crippen LogP contribution < -0.4 is 4.98 Å². The van der Waals surface area contributed by atoms with Gasteiger partial charge in [-0.15, -0.1) is 5.10 Å². The normalized spacial score (nSPS) is 10.2. The van der Waals surface area contributed by atoms with Crippen molar-refractivity contribution in [3.05, 3.63) is 12.7 Å². The Morgan fingerprint density at radius 1 is 1.56 bits per heavy atom. The molecule has 0 aliphatic carbocycles. The first-order valence-electron chi connectivity index (χ1n) is 2.39. The molecule has 44 valence electrons. The van der Waals surface area contributed by atoms with E-state index in [1.54, 1.807) is 0 Å². The molecule has 0 saturated carbocycles. The summed E-state index contributed by atoms with van der Waals surface area (Å²) < 4.78 is 4.83. The molecule has 0 amide bonds. The van der Waals surface area contributed by atoms with Gasteiger partial charge in [0, 0.05) is 0 Å². The maximum Gasteiger partial charge on any atom is 0.390 e. The summed E-state index contributed by atoms with van der Waals surface area (Å²) in [6.07, 6.45) is 2.76. The maximum atomic E-state index is 4.83. The fourth-order valence-corrected chi connectivity index (χ4v) is 0.584. The molecule has 5 heteroatoms. The lowest BCUT2D eigenvalue weighted by atomic mass is 10.8. The lowest BCUT2D eigenvalue weighted by Crippen LogP contribution is -1.97. The Balaban J connectivity index is 2.95. The summed E-state index contributed by atoms with van der Waals surface area (Å²) in [5.41, 5.74) is 1.04. The van der Waals surface area contributed by atoms with Gasteiger partial charge in [-0.2, -0.15) is 0 Å². The average Bonchev–Trinajstić information content (AvgIpc) is 2.33. The zero-order chi connectivity index (χ0) is 6.10. The fourth-order valence-electron chi connectivity index (χ4n) is 0.584. The Morgan fingerprint density at radius 3 is 3.44 bits per heavy atom. The lowest BCUT2D eigenvalue weighted by molar-refractivity contribution is -0.356. The molecule has 0 unspecified atom stereocenters. The third-order valence-corrected chi connectivity index (χ3v) is 0.956. The number of aromatic nitrogens is 4. The highest BCUT2D eigenvalue weighted by molar-refractivity contribution is 5.54. The molecule has 1 N–H and O–H groups in total. The molecule has 0 radical (unpaired) electrons. The average molecular weight is 123 g/mol. The highest BCUT2D eigenvalue weighted by atomic mass is 16.3. The van der Waals surface area contributed by atoms with Crippen molar-refractivity contribution in [2.45, 2.75) is 0 Å². The van der Waals surface area contributed by atoms with Gasteiger partial charge in [0.15, 0.2) is 0 Å². The smallest absolute Gasteiger partial charge is 0.390 e. The topological polar surface area (TPSA) is 66.0 Å². The standard InChI is InChI=1S/C4H2N4O/c1-5-3-4(8-7-1)9-2-6-3/h1-2H/p+1. The van der Waals surface area contributed by atoms with Gasteiger partial charge in [-0.25, -0.2) is 4.98 Å². The minimum atomic E-state index is 0.428. The van der Waals surface area contributed by atoms with E-state index in [0.717, 1.165) is 0 Å². The highest BCUT2D eigenvalue weighted by Crippen LogP contribution is 1.95. The first-order valence-corrected chi connectivity index (χ1v) is 2.39. The van der Waals surface area contributed by atoms with E-state index in [9.17, 15) is 0 Å². The number of hydrogen-bond donors (Lipinski definition) is 0. The predicted molar refractivity (Wildman–Crippen MR) is 26.2 cm³/mol. The molecule has 2 heterocycles. The van der Waals surface area contributed by atoms with E-state index in [0.29, 0.717) is 11.4 Å². The molecule has 0 aromatic carbocycles. The number of nitrogens with zero attached hydrogens (tertiary/aromatic N) is 3. The van der Waals surface area contributed by atoms with Crippen LogP contribution >= 0.6 is 0 Å². The zero-order valence-corrected chi connectivity index (χ0v) is 4.40. The molecular weight excluding hydrogens is 120 g/mol. The Kier molecular flexibility index (Phi) is 0.717. The third-order valence-electron chi connectivity index (χ3n) is 0.956. The van der Waals surface area contributed by atoms with Crippen molar-refractivity contribution in [2.75, 3.05) is 0 Å². The molecule has 0 atom stereocenters. The minimum Gasteiger partial charge on any atom is -0.401 e. The van der Waals surface area contributed by atoms with Gasteiger partial charge >= 0.3 is 11.4 Å². The van der Waals surface area contributed by atoms with Crippen LogP contribution in [0.3, 0.4) is 0 Å². The molecule has 2 aromatic heterocycles. The molecular formula is C4H3N4O+. The summed E-state index contributed by atoms with van der Waals surface area (Å²) in [4.78, 5) is 6.56. The second kappa shape index (κ2) is 1.48. The fraction of sp³-hybridized carbons (Fsp3) is 0. The van der Waals surface area contributed by atoms with Gasteiger partial charge in [0.1, 0.15) is 0 Å². The quantitative estimate of drug-likeness (QED) is 0.470. The van der Waals surface area contributed by atoms with Crippen LogP contribution in [-0.2, 0) is 0 Å².